The fourth-order valence-electron chi connectivity index (χ4n) is 1.87. The largest absolute Gasteiger partial charge is 0.354 e. The van der Waals surface area contributed by atoms with E-state index < -0.39 is 6.04 Å². The number of carbonyl (C=O) groups is 2. The third-order valence-corrected chi connectivity index (χ3v) is 2.83. The van der Waals surface area contributed by atoms with E-state index in [1.165, 1.54) is 6.08 Å². The van der Waals surface area contributed by atoms with Crippen molar-refractivity contribution in [2.75, 3.05) is 6.54 Å². The third kappa shape index (κ3) is 3.45. The van der Waals surface area contributed by atoms with E-state index in [4.69, 9.17) is 0 Å². The van der Waals surface area contributed by atoms with Gasteiger partial charge in [-0.15, -0.1) is 0 Å². The predicted molar refractivity (Wildman–Crippen MR) is 69.7 cm³/mol. The van der Waals surface area contributed by atoms with Crippen LogP contribution in [0.15, 0.2) is 36.4 Å². The smallest absolute Gasteiger partial charge is 0.244 e. The van der Waals surface area contributed by atoms with Gasteiger partial charge in [0.05, 0.1) is 0 Å². The number of amides is 2. The molecule has 0 spiro atoms. The Morgan fingerprint density at radius 3 is 2.83 bits per heavy atom. The Bertz CT molecular complexity index is 454. The van der Waals surface area contributed by atoms with Crippen molar-refractivity contribution in [1.82, 2.24) is 10.6 Å². The lowest BCUT2D eigenvalue weighted by Gasteiger charge is -2.22. The highest BCUT2D eigenvalue weighted by Gasteiger charge is 2.22. The van der Waals surface area contributed by atoms with Crippen LogP contribution < -0.4 is 10.6 Å². The molecule has 1 atom stereocenters. The average molecular weight is 244 g/mol. The summed E-state index contributed by atoms with van der Waals surface area (Å²) in [7, 11) is 0. The number of hydrogen-bond donors (Lipinski definition) is 2. The van der Waals surface area contributed by atoms with Crippen LogP contribution in [-0.2, 0) is 9.59 Å². The summed E-state index contributed by atoms with van der Waals surface area (Å²) < 4.78 is 0. The molecule has 0 radical (unpaired) electrons. The Kier molecular flexibility index (Phi) is 4.12. The van der Waals surface area contributed by atoms with Crippen molar-refractivity contribution < 1.29 is 9.59 Å². The Morgan fingerprint density at radius 2 is 2.11 bits per heavy atom. The molecule has 2 N–H and O–H groups in total. The molecule has 1 aliphatic rings. The third-order valence-electron chi connectivity index (χ3n) is 2.83. The van der Waals surface area contributed by atoms with E-state index in [0.29, 0.717) is 13.0 Å². The maximum atomic E-state index is 11.7. The molecule has 1 aromatic carbocycles. The van der Waals surface area contributed by atoms with Gasteiger partial charge in [-0.25, -0.2) is 0 Å². The van der Waals surface area contributed by atoms with E-state index in [-0.39, 0.29) is 11.8 Å². The van der Waals surface area contributed by atoms with Gasteiger partial charge >= 0.3 is 0 Å². The van der Waals surface area contributed by atoms with E-state index in [9.17, 15) is 9.59 Å². The van der Waals surface area contributed by atoms with Crippen LogP contribution in [0.3, 0.4) is 0 Å². The molecule has 0 bridgehead atoms. The van der Waals surface area contributed by atoms with Gasteiger partial charge in [0, 0.05) is 12.6 Å². The minimum atomic E-state index is -0.397. The fourth-order valence-corrected chi connectivity index (χ4v) is 1.87. The Balaban J connectivity index is 1.88. The second kappa shape index (κ2) is 6.00. The summed E-state index contributed by atoms with van der Waals surface area (Å²) in [5.74, 6) is -0.330. The van der Waals surface area contributed by atoms with Gasteiger partial charge in [0.25, 0.3) is 0 Å². The molecule has 1 aliphatic heterocycles. The minimum absolute atomic E-state index is 0.0947. The summed E-state index contributed by atoms with van der Waals surface area (Å²) in [5, 5.41) is 5.43. The molecule has 18 heavy (non-hydrogen) atoms. The second-order valence-electron chi connectivity index (χ2n) is 4.24. The van der Waals surface area contributed by atoms with Gasteiger partial charge in [0.2, 0.25) is 11.8 Å². The van der Waals surface area contributed by atoms with Gasteiger partial charge in [0.1, 0.15) is 6.04 Å². The van der Waals surface area contributed by atoms with Crippen LogP contribution in [0, 0.1) is 0 Å². The number of nitrogens with one attached hydrogen (secondary N) is 2. The summed E-state index contributed by atoms with van der Waals surface area (Å²) >= 11 is 0. The summed E-state index contributed by atoms with van der Waals surface area (Å²) in [6.45, 7) is 0.699. The standard InChI is InChI=1S/C14H16N2O2/c17-13(9-8-11-5-2-1-3-6-11)16-12-7-4-10-15-14(12)18/h1-3,5-6,8-9,12H,4,7,10H2,(H,15,18)(H,16,17)/b9-8+. The molecule has 94 valence electrons. The molecular formula is C14H16N2O2. The molecular weight excluding hydrogens is 228 g/mol. The summed E-state index contributed by atoms with van der Waals surface area (Å²) in [6, 6.07) is 9.17. The first kappa shape index (κ1) is 12.4. The van der Waals surface area contributed by atoms with Gasteiger partial charge in [0.15, 0.2) is 0 Å². The zero-order chi connectivity index (χ0) is 12.8. The van der Waals surface area contributed by atoms with E-state index >= 15 is 0 Å². The summed E-state index contributed by atoms with van der Waals surface area (Å²) in [4.78, 5) is 23.1. The number of benzene rings is 1. The van der Waals surface area contributed by atoms with Crippen LogP contribution in [0.4, 0.5) is 0 Å². The van der Waals surface area contributed by atoms with Crippen molar-refractivity contribution in [1.29, 1.82) is 0 Å². The molecule has 1 aromatic rings. The van der Waals surface area contributed by atoms with Crippen LogP contribution in [0.2, 0.25) is 0 Å². The molecule has 4 heteroatoms. The highest BCUT2D eigenvalue weighted by atomic mass is 16.2. The second-order valence-corrected chi connectivity index (χ2v) is 4.24. The molecule has 1 saturated heterocycles. The van der Waals surface area contributed by atoms with Crippen molar-refractivity contribution in [3.63, 3.8) is 0 Å². The van der Waals surface area contributed by atoms with Crippen molar-refractivity contribution in [2.45, 2.75) is 18.9 Å². The lowest BCUT2D eigenvalue weighted by Crippen LogP contribution is -2.49. The molecule has 0 aliphatic carbocycles. The average Bonchev–Trinajstić information content (AvgIpc) is 2.40. The number of carbonyl (C=O) groups excluding carboxylic acids is 2. The van der Waals surface area contributed by atoms with E-state index in [0.717, 1.165) is 12.0 Å². The van der Waals surface area contributed by atoms with Crippen molar-refractivity contribution in [3.05, 3.63) is 42.0 Å². The van der Waals surface area contributed by atoms with E-state index in [2.05, 4.69) is 10.6 Å². The molecule has 4 nitrogen and oxygen atoms in total. The molecule has 1 unspecified atom stereocenters. The van der Waals surface area contributed by atoms with Gasteiger partial charge in [-0.2, -0.15) is 0 Å². The highest BCUT2D eigenvalue weighted by Crippen LogP contribution is 2.04. The number of rotatable bonds is 3. The fraction of sp³-hybridized carbons (Fsp3) is 0.286. The maximum Gasteiger partial charge on any atom is 0.244 e. The lowest BCUT2D eigenvalue weighted by molar-refractivity contribution is -0.128. The molecule has 1 fully saturated rings. The maximum absolute atomic E-state index is 11.7. The monoisotopic (exact) mass is 244 g/mol. The first-order chi connectivity index (χ1) is 8.75. The van der Waals surface area contributed by atoms with Crippen LogP contribution in [0.25, 0.3) is 6.08 Å². The van der Waals surface area contributed by atoms with Gasteiger partial charge in [-0.05, 0) is 24.5 Å². The van der Waals surface area contributed by atoms with Crippen LogP contribution >= 0.6 is 0 Å². The zero-order valence-corrected chi connectivity index (χ0v) is 10.1. The van der Waals surface area contributed by atoms with Crippen LogP contribution in [-0.4, -0.2) is 24.4 Å². The SMILES string of the molecule is O=C(/C=C/c1ccccc1)NC1CCCNC1=O. The van der Waals surface area contributed by atoms with Crippen LogP contribution in [0.1, 0.15) is 18.4 Å². The van der Waals surface area contributed by atoms with Gasteiger partial charge in [-0.3, -0.25) is 9.59 Å². The molecule has 0 saturated carbocycles. The summed E-state index contributed by atoms with van der Waals surface area (Å²) in [6.07, 6.45) is 4.79. The van der Waals surface area contributed by atoms with Crippen LogP contribution in [0.5, 0.6) is 0 Å². The number of hydrogen-bond acceptors (Lipinski definition) is 2. The minimum Gasteiger partial charge on any atom is -0.354 e. The quantitative estimate of drug-likeness (QED) is 0.782. The lowest BCUT2D eigenvalue weighted by atomic mass is 10.1. The summed E-state index contributed by atoms with van der Waals surface area (Å²) in [5.41, 5.74) is 0.959. The topological polar surface area (TPSA) is 58.2 Å². The highest BCUT2D eigenvalue weighted by molar-refractivity contribution is 5.95. The van der Waals surface area contributed by atoms with Crippen molar-refractivity contribution >= 4 is 17.9 Å². The van der Waals surface area contributed by atoms with Crippen molar-refractivity contribution in [2.24, 2.45) is 0 Å². The first-order valence-electron chi connectivity index (χ1n) is 6.07. The molecule has 0 aromatic heterocycles. The number of piperidine rings is 1. The first-order valence-corrected chi connectivity index (χ1v) is 6.07. The van der Waals surface area contributed by atoms with Gasteiger partial charge in [-0.1, -0.05) is 30.3 Å². The predicted octanol–water partition coefficient (Wildman–Crippen LogP) is 1.09. The van der Waals surface area contributed by atoms with Gasteiger partial charge < -0.3 is 10.6 Å². The Labute approximate surface area is 106 Å². The molecule has 1 heterocycles. The normalized spacial score (nSPS) is 19.6. The Morgan fingerprint density at radius 1 is 1.33 bits per heavy atom. The Hall–Kier alpha value is -2.10. The molecule has 2 rings (SSSR count). The van der Waals surface area contributed by atoms with E-state index in [1.807, 2.05) is 30.3 Å². The zero-order valence-electron chi connectivity index (χ0n) is 10.1. The van der Waals surface area contributed by atoms with E-state index in [1.54, 1.807) is 6.08 Å². The molecule has 2 amide bonds. The van der Waals surface area contributed by atoms with Crippen molar-refractivity contribution in [3.8, 4) is 0 Å².